The quantitative estimate of drug-likeness (QED) is 0.482. The predicted molar refractivity (Wildman–Crippen MR) is 85.5 cm³/mol. The van der Waals surface area contributed by atoms with Crippen LogP contribution in [0.15, 0.2) is 41.5 Å². The molecule has 0 aliphatic heterocycles. The summed E-state index contributed by atoms with van der Waals surface area (Å²) in [6.07, 6.45) is 1.51. The molecule has 0 amide bonds. The van der Waals surface area contributed by atoms with Crippen LogP contribution in [0.2, 0.25) is 0 Å². The van der Waals surface area contributed by atoms with Crippen molar-refractivity contribution in [2.45, 2.75) is 0 Å². The molecule has 0 radical (unpaired) electrons. The van der Waals surface area contributed by atoms with E-state index in [4.69, 9.17) is 9.47 Å². The largest absolute Gasteiger partial charge is 0.502 e. The number of phenolic OH excluding ortho intramolecular Hbond substituents is 1. The predicted octanol–water partition coefficient (Wildman–Crippen LogP) is 2.76. The Bertz CT molecular complexity index is 703. The summed E-state index contributed by atoms with van der Waals surface area (Å²) in [5, 5.41) is 24.4. The van der Waals surface area contributed by atoms with Gasteiger partial charge in [-0.3, -0.25) is 15.5 Å². The summed E-state index contributed by atoms with van der Waals surface area (Å²) in [6.45, 7) is 0. The van der Waals surface area contributed by atoms with Crippen molar-refractivity contribution in [2.24, 2.45) is 5.10 Å². The molecule has 0 saturated heterocycles. The Kier molecular flexibility index (Phi) is 4.98. The minimum absolute atomic E-state index is 0.00698. The molecule has 8 nitrogen and oxygen atoms in total. The molecule has 0 fully saturated rings. The molecule has 2 N–H and O–H groups in total. The van der Waals surface area contributed by atoms with Crippen LogP contribution in [0.3, 0.4) is 0 Å². The van der Waals surface area contributed by atoms with Crippen LogP contribution in [0.1, 0.15) is 5.56 Å². The van der Waals surface area contributed by atoms with Crippen LogP contribution in [0, 0.1) is 10.1 Å². The Morgan fingerprint density at radius 3 is 2.22 bits per heavy atom. The molecule has 0 heterocycles. The fourth-order valence-electron chi connectivity index (χ4n) is 1.83. The zero-order valence-electron chi connectivity index (χ0n) is 12.5. The number of nitro benzene ring substituents is 1. The number of phenols is 1. The van der Waals surface area contributed by atoms with E-state index in [9.17, 15) is 15.2 Å². The van der Waals surface area contributed by atoms with E-state index in [-0.39, 0.29) is 22.9 Å². The van der Waals surface area contributed by atoms with Crippen molar-refractivity contribution < 1.29 is 19.5 Å². The van der Waals surface area contributed by atoms with Crippen molar-refractivity contribution in [1.82, 2.24) is 0 Å². The third-order valence-electron chi connectivity index (χ3n) is 2.99. The Balaban J connectivity index is 2.12. The van der Waals surface area contributed by atoms with Gasteiger partial charge in [-0.1, -0.05) is 0 Å². The number of non-ortho nitro benzene ring substituents is 1. The summed E-state index contributed by atoms with van der Waals surface area (Å²) in [7, 11) is 2.87. The Labute approximate surface area is 132 Å². The molecule has 0 atom stereocenters. The van der Waals surface area contributed by atoms with E-state index in [1.165, 1.54) is 32.6 Å². The number of methoxy groups -OCH3 is 2. The third kappa shape index (κ3) is 3.88. The van der Waals surface area contributed by atoms with Gasteiger partial charge in [-0.05, 0) is 24.3 Å². The zero-order chi connectivity index (χ0) is 16.8. The van der Waals surface area contributed by atoms with Gasteiger partial charge in [-0.15, -0.1) is 0 Å². The third-order valence-corrected chi connectivity index (χ3v) is 2.99. The lowest BCUT2D eigenvalue weighted by molar-refractivity contribution is -0.384. The fourth-order valence-corrected chi connectivity index (χ4v) is 1.83. The number of aromatic hydroxyl groups is 1. The van der Waals surface area contributed by atoms with Gasteiger partial charge in [0.25, 0.3) is 5.69 Å². The molecule has 0 bridgehead atoms. The number of rotatable bonds is 6. The van der Waals surface area contributed by atoms with Gasteiger partial charge in [0, 0.05) is 17.7 Å². The van der Waals surface area contributed by atoms with Gasteiger partial charge in [0.1, 0.15) is 0 Å². The highest BCUT2D eigenvalue weighted by Crippen LogP contribution is 2.36. The van der Waals surface area contributed by atoms with Crippen molar-refractivity contribution in [3.63, 3.8) is 0 Å². The second kappa shape index (κ2) is 7.12. The second-order valence-corrected chi connectivity index (χ2v) is 4.45. The zero-order valence-corrected chi connectivity index (χ0v) is 12.5. The minimum Gasteiger partial charge on any atom is -0.502 e. The topological polar surface area (TPSA) is 106 Å². The van der Waals surface area contributed by atoms with Gasteiger partial charge < -0.3 is 14.6 Å². The maximum Gasteiger partial charge on any atom is 0.269 e. The van der Waals surface area contributed by atoms with Gasteiger partial charge in [0.15, 0.2) is 11.5 Å². The summed E-state index contributed by atoms with van der Waals surface area (Å²) in [4.78, 5) is 10.1. The monoisotopic (exact) mass is 317 g/mol. The molecule has 0 aliphatic rings. The number of nitro groups is 1. The number of hydrogen-bond acceptors (Lipinski definition) is 7. The molecule has 23 heavy (non-hydrogen) atoms. The van der Waals surface area contributed by atoms with Gasteiger partial charge >= 0.3 is 0 Å². The summed E-state index contributed by atoms with van der Waals surface area (Å²) < 4.78 is 10.1. The van der Waals surface area contributed by atoms with E-state index in [0.717, 1.165) is 0 Å². The van der Waals surface area contributed by atoms with Crippen molar-refractivity contribution in [3.05, 3.63) is 52.1 Å². The molecular formula is C15H15N3O5. The molecule has 2 aromatic carbocycles. The van der Waals surface area contributed by atoms with E-state index >= 15 is 0 Å². The van der Waals surface area contributed by atoms with Crippen LogP contribution in [-0.4, -0.2) is 30.5 Å². The van der Waals surface area contributed by atoms with Gasteiger partial charge in [-0.2, -0.15) is 5.10 Å². The lowest BCUT2D eigenvalue weighted by Gasteiger charge is -2.09. The summed E-state index contributed by atoms with van der Waals surface area (Å²) >= 11 is 0. The summed E-state index contributed by atoms with van der Waals surface area (Å²) in [5.74, 6) is 0.442. The van der Waals surface area contributed by atoms with E-state index in [2.05, 4.69) is 10.5 Å². The van der Waals surface area contributed by atoms with E-state index < -0.39 is 4.92 Å². The first-order valence-corrected chi connectivity index (χ1v) is 6.53. The van der Waals surface area contributed by atoms with Crippen molar-refractivity contribution in [2.75, 3.05) is 19.6 Å². The molecule has 0 unspecified atom stereocenters. The smallest absolute Gasteiger partial charge is 0.269 e. The van der Waals surface area contributed by atoms with Crippen molar-refractivity contribution in [3.8, 4) is 17.2 Å². The average Bonchev–Trinajstić information content (AvgIpc) is 2.56. The Morgan fingerprint density at radius 1 is 1.17 bits per heavy atom. The van der Waals surface area contributed by atoms with Crippen molar-refractivity contribution >= 4 is 17.6 Å². The summed E-state index contributed by atoms with van der Waals surface area (Å²) in [6, 6.07) is 9.05. The lowest BCUT2D eigenvalue weighted by Crippen LogP contribution is -1.94. The first-order chi connectivity index (χ1) is 11.0. The fraction of sp³-hybridized carbons (Fsp3) is 0.133. The van der Waals surface area contributed by atoms with E-state index in [0.29, 0.717) is 11.3 Å². The first kappa shape index (κ1) is 16.1. The average molecular weight is 317 g/mol. The maximum absolute atomic E-state index is 10.6. The van der Waals surface area contributed by atoms with Gasteiger partial charge in [0.2, 0.25) is 5.75 Å². The van der Waals surface area contributed by atoms with Crippen LogP contribution in [0.4, 0.5) is 11.4 Å². The molecule has 0 saturated carbocycles. The highest BCUT2D eigenvalue weighted by atomic mass is 16.6. The SMILES string of the molecule is COc1cc(C=NNc2ccc([N+](=O)[O-])cc2)cc(OC)c1O. The summed E-state index contributed by atoms with van der Waals surface area (Å²) in [5.41, 5.74) is 4.00. The minimum atomic E-state index is -0.470. The molecule has 0 aromatic heterocycles. The van der Waals surface area contributed by atoms with Crippen LogP contribution in [0.5, 0.6) is 17.2 Å². The highest BCUT2D eigenvalue weighted by molar-refractivity contribution is 5.83. The van der Waals surface area contributed by atoms with Gasteiger partial charge in [-0.25, -0.2) is 0 Å². The lowest BCUT2D eigenvalue weighted by atomic mass is 10.2. The highest BCUT2D eigenvalue weighted by Gasteiger charge is 2.10. The Morgan fingerprint density at radius 2 is 1.74 bits per heavy atom. The number of benzene rings is 2. The van der Waals surface area contributed by atoms with Crippen LogP contribution in [-0.2, 0) is 0 Å². The maximum atomic E-state index is 10.6. The van der Waals surface area contributed by atoms with E-state index in [1.807, 2.05) is 0 Å². The molecular weight excluding hydrogens is 302 g/mol. The number of ether oxygens (including phenoxy) is 2. The number of nitrogens with one attached hydrogen (secondary N) is 1. The second-order valence-electron chi connectivity index (χ2n) is 4.45. The molecule has 0 spiro atoms. The van der Waals surface area contributed by atoms with Crippen LogP contribution < -0.4 is 14.9 Å². The van der Waals surface area contributed by atoms with Crippen LogP contribution >= 0.6 is 0 Å². The number of nitrogens with zero attached hydrogens (tertiary/aromatic N) is 2. The van der Waals surface area contributed by atoms with Crippen LogP contribution in [0.25, 0.3) is 0 Å². The molecule has 0 aliphatic carbocycles. The van der Waals surface area contributed by atoms with E-state index in [1.54, 1.807) is 24.3 Å². The molecule has 120 valence electrons. The van der Waals surface area contributed by atoms with Gasteiger partial charge in [0.05, 0.1) is 31.0 Å². The molecule has 2 aromatic rings. The normalized spacial score (nSPS) is 10.5. The standard InChI is InChI=1S/C15H15N3O5/c1-22-13-7-10(8-14(23-2)15(13)19)9-16-17-11-3-5-12(6-4-11)18(20)21/h3-9,17,19H,1-2H3. The molecule has 8 heteroatoms. The first-order valence-electron chi connectivity index (χ1n) is 6.53. The Hall–Kier alpha value is -3.29. The van der Waals surface area contributed by atoms with Crippen molar-refractivity contribution in [1.29, 1.82) is 0 Å². The molecule has 2 rings (SSSR count). The number of hydrogen-bond donors (Lipinski definition) is 2. The number of anilines is 1. The number of hydrazone groups is 1.